The molecule has 1 amide bonds. The lowest BCUT2D eigenvalue weighted by Gasteiger charge is -2.40. The Morgan fingerprint density at radius 1 is 0.649 bits per heavy atom. The molecule has 0 radical (unpaired) electrons. The molecule has 1 fully saturated rings. The molecular formula is C43H77NO12S. The largest absolute Gasteiger partial charge is 0.493 e. The molecule has 5 atom stereocenters. The lowest BCUT2D eigenvalue weighted by molar-refractivity contribution is -0.297. The molecular weight excluding hydrogens is 755 g/mol. The molecule has 0 aliphatic carbocycles. The monoisotopic (exact) mass is 832 g/mol. The van der Waals surface area contributed by atoms with E-state index in [0.29, 0.717) is 43.2 Å². The molecule has 57 heavy (non-hydrogen) atoms. The zero-order valence-electron chi connectivity index (χ0n) is 35.1. The predicted molar refractivity (Wildman–Crippen MR) is 222 cm³/mol. The maximum absolute atomic E-state index is 13.2. The van der Waals surface area contributed by atoms with E-state index in [1.54, 1.807) is 12.1 Å². The molecule has 1 aromatic carbocycles. The van der Waals surface area contributed by atoms with E-state index in [1.807, 2.05) is 6.07 Å². The summed E-state index contributed by atoms with van der Waals surface area (Å²) >= 11 is 0. The third-order valence-electron chi connectivity index (χ3n) is 10.4. The number of rotatable bonds is 36. The van der Waals surface area contributed by atoms with Gasteiger partial charge >= 0.3 is 10.4 Å². The smallest absolute Gasteiger partial charge is 0.397 e. The van der Waals surface area contributed by atoms with E-state index in [9.17, 15) is 28.5 Å². The van der Waals surface area contributed by atoms with Crippen molar-refractivity contribution in [3.05, 3.63) is 23.8 Å². The molecule has 1 aromatic rings. The summed E-state index contributed by atoms with van der Waals surface area (Å²) in [6.45, 7) is 5.59. The highest BCUT2D eigenvalue weighted by molar-refractivity contribution is 7.80. The second kappa shape index (κ2) is 31.8. The van der Waals surface area contributed by atoms with E-state index in [4.69, 9.17) is 23.5 Å². The van der Waals surface area contributed by atoms with E-state index >= 15 is 0 Å². The Balaban J connectivity index is 1.75. The van der Waals surface area contributed by atoms with Crippen molar-refractivity contribution >= 4 is 16.3 Å². The predicted octanol–water partition coefficient (Wildman–Crippen LogP) is 8.22. The van der Waals surface area contributed by atoms with Crippen LogP contribution in [0.25, 0.3) is 0 Å². The number of ether oxygens (including phenoxy) is 4. The Labute approximate surface area is 343 Å². The van der Waals surface area contributed by atoms with Gasteiger partial charge < -0.3 is 39.6 Å². The van der Waals surface area contributed by atoms with E-state index < -0.39 is 47.7 Å². The highest BCUT2D eigenvalue weighted by atomic mass is 32.3. The fourth-order valence-electron chi connectivity index (χ4n) is 6.96. The highest BCUT2D eigenvalue weighted by Gasteiger charge is 2.47. The van der Waals surface area contributed by atoms with Crippen LogP contribution in [0, 0.1) is 0 Å². The molecule has 0 spiro atoms. The third kappa shape index (κ3) is 24.0. The topological polar surface area (TPSA) is 190 Å². The summed E-state index contributed by atoms with van der Waals surface area (Å²) in [7, 11) is -4.96. The lowest BCUT2D eigenvalue weighted by atomic mass is 9.99. The van der Waals surface area contributed by atoms with Crippen molar-refractivity contribution in [3.63, 3.8) is 0 Å². The minimum atomic E-state index is -4.96. The summed E-state index contributed by atoms with van der Waals surface area (Å²) in [4.78, 5) is 13.2. The molecule has 1 aliphatic rings. The van der Waals surface area contributed by atoms with Crippen LogP contribution in [0.3, 0.4) is 0 Å². The van der Waals surface area contributed by atoms with E-state index in [0.717, 1.165) is 44.9 Å². The van der Waals surface area contributed by atoms with Gasteiger partial charge in [-0.2, -0.15) is 8.42 Å². The summed E-state index contributed by atoms with van der Waals surface area (Å²) in [6, 6.07) is 5.46. The number of unbranched alkanes of at least 4 members (excludes halogenated alkanes) is 21. The number of carbonyl (C=O) groups excluding carboxylic acids is 1. The molecule has 0 unspecified atom stereocenters. The molecule has 0 aromatic heterocycles. The summed E-state index contributed by atoms with van der Waals surface area (Å²) < 4.78 is 58.7. The van der Waals surface area contributed by atoms with E-state index in [-0.39, 0.29) is 12.5 Å². The standard InChI is InChI=1S/C43H77NO12S/c1-3-5-7-9-11-13-15-17-20-24-28-52-36-31-35(32-37(33-36)53-29-25-21-18-16-14-12-10-8-6-4-2)42(48)44-27-23-19-22-26-30-54-43-40(47)39(46)41(38(34-45)55-43)56-57(49,50)51/h31-33,38-41,43,45-47H,3-30,34H2,1-2H3,(H,44,48)(H,49,50,51)/t38-,39-,40-,41+,43-/m1/s1. The number of aliphatic hydroxyl groups is 3. The summed E-state index contributed by atoms with van der Waals surface area (Å²) in [6.07, 6.45) is 20.1. The number of nitrogens with one attached hydrogen (secondary N) is 1. The van der Waals surface area contributed by atoms with Gasteiger partial charge in [0.1, 0.15) is 35.9 Å². The number of aliphatic hydroxyl groups excluding tert-OH is 3. The first kappa shape index (κ1) is 51.1. The molecule has 1 saturated heterocycles. The first-order valence-electron chi connectivity index (χ1n) is 22.2. The molecule has 332 valence electrons. The van der Waals surface area contributed by atoms with E-state index in [1.165, 1.54) is 103 Å². The fraction of sp³-hybridized carbons (Fsp3) is 0.837. The van der Waals surface area contributed by atoms with E-state index in [2.05, 4.69) is 23.3 Å². The maximum atomic E-state index is 13.2. The zero-order valence-corrected chi connectivity index (χ0v) is 35.9. The van der Waals surface area contributed by atoms with Crippen LogP contribution in [0.1, 0.15) is 178 Å². The second-order valence-corrected chi connectivity index (χ2v) is 16.5. The van der Waals surface area contributed by atoms with Crippen molar-refractivity contribution < 1.29 is 56.2 Å². The van der Waals surface area contributed by atoms with Crippen LogP contribution >= 0.6 is 0 Å². The van der Waals surface area contributed by atoms with Crippen molar-refractivity contribution in [2.75, 3.05) is 33.0 Å². The van der Waals surface area contributed by atoms with Gasteiger partial charge in [-0.3, -0.25) is 9.35 Å². The molecule has 1 aliphatic heterocycles. The van der Waals surface area contributed by atoms with Crippen LogP contribution in [0.15, 0.2) is 18.2 Å². The van der Waals surface area contributed by atoms with Gasteiger partial charge in [0.25, 0.3) is 5.91 Å². The van der Waals surface area contributed by atoms with Crippen molar-refractivity contribution in [3.8, 4) is 11.5 Å². The average Bonchev–Trinajstić information content (AvgIpc) is 3.19. The second-order valence-electron chi connectivity index (χ2n) is 15.5. The molecule has 0 bridgehead atoms. The van der Waals surface area contributed by atoms with Gasteiger partial charge in [-0.1, -0.05) is 142 Å². The molecule has 13 nitrogen and oxygen atoms in total. The number of benzene rings is 1. The molecule has 14 heteroatoms. The Bertz CT molecular complexity index is 1220. The number of hydrogen-bond donors (Lipinski definition) is 5. The average molecular weight is 832 g/mol. The highest BCUT2D eigenvalue weighted by Crippen LogP contribution is 2.27. The fourth-order valence-corrected chi connectivity index (χ4v) is 7.48. The first-order valence-corrected chi connectivity index (χ1v) is 23.5. The van der Waals surface area contributed by atoms with Crippen molar-refractivity contribution in [2.24, 2.45) is 0 Å². The van der Waals surface area contributed by atoms with Crippen LogP contribution in [-0.2, 0) is 24.1 Å². The van der Waals surface area contributed by atoms with Crippen molar-refractivity contribution in [1.29, 1.82) is 0 Å². The van der Waals surface area contributed by atoms with Crippen LogP contribution in [0.5, 0.6) is 11.5 Å². The van der Waals surface area contributed by atoms with Crippen molar-refractivity contribution in [2.45, 2.75) is 199 Å². The zero-order chi connectivity index (χ0) is 41.6. The Morgan fingerprint density at radius 2 is 1.09 bits per heavy atom. The number of amides is 1. The summed E-state index contributed by atoms with van der Waals surface area (Å²) in [5.41, 5.74) is 0.501. The SMILES string of the molecule is CCCCCCCCCCCCOc1cc(OCCCCCCCCCCCC)cc(C(=O)NCCCCCCO[C@@H]2O[C@H](CO)[C@H](OS(=O)(=O)O)[C@H](O)[C@H]2O)c1. The molecule has 5 N–H and O–H groups in total. The lowest BCUT2D eigenvalue weighted by Crippen LogP contribution is -2.60. The van der Waals surface area contributed by atoms with Crippen LogP contribution in [0.2, 0.25) is 0 Å². The molecule has 2 rings (SSSR count). The third-order valence-corrected chi connectivity index (χ3v) is 10.8. The molecule has 1 heterocycles. The Morgan fingerprint density at radius 3 is 1.54 bits per heavy atom. The first-order chi connectivity index (χ1) is 27.6. The van der Waals surface area contributed by atoms with Gasteiger partial charge in [0, 0.05) is 24.8 Å². The Kier molecular flexibility index (Phi) is 28.5. The quantitative estimate of drug-likeness (QED) is 0.0322. The van der Waals surface area contributed by atoms with Gasteiger partial charge in [0.2, 0.25) is 0 Å². The van der Waals surface area contributed by atoms with Gasteiger partial charge in [0.15, 0.2) is 6.29 Å². The normalized spacial score (nSPS) is 19.8. The van der Waals surface area contributed by atoms with Gasteiger partial charge in [-0.15, -0.1) is 0 Å². The summed E-state index contributed by atoms with van der Waals surface area (Å²) in [5, 5.41) is 33.1. The number of carbonyl (C=O) groups is 1. The van der Waals surface area contributed by atoms with Gasteiger partial charge in [-0.25, -0.2) is 4.18 Å². The van der Waals surface area contributed by atoms with Gasteiger partial charge in [-0.05, 0) is 37.8 Å². The molecule has 0 saturated carbocycles. The maximum Gasteiger partial charge on any atom is 0.397 e. The minimum Gasteiger partial charge on any atom is -0.493 e. The van der Waals surface area contributed by atoms with Crippen LogP contribution in [0.4, 0.5) is 0 Å². The van der Waals surface area contributed by atoms with Crippen LogP contribution < -0.4 is 14.8 Å². The van der Waals surface area contributed by atoms with Crippen LogP contribution in [-0.4, -0.2) is 97.9 Å². The number of hydrogen-bond acceptors (Lipinski definition) is 11. The Hall–Kier alpha value is -2.04. The van der Waals surface area contributed by atoms with Gasteiger partial charge in [0.05, 0.1) is 19.8 Å². The minimum absolute atomic E-state index is 0.163. The van der Waals surface area contributed by atoms with Crippen molar-refractivity contribution in [1.82, 2.24) is 5.32 Å². The summed E-state index contributed by atoms with van der Waals surface area (Å²) in [5.74, 6) is 1.09.